The Morgan fingerprint density at radius 3 is 2.54 bits per heavy atom. The molecule has 0 saturated carbocycles. The number of fused-ring (bicyclic) bond motifs is 1. The molecule has 1 aliphatic heterocycles. The van der Waals surface area contributed by atoms with Crippen molar-refractivity contribution in [3.8, 4) is 5.75 Å². The first-order valence-corrected chi connectivity index (χ1v) is 9.57. The summed E-state index contributed by atoms with van der Waals surface area (Å²) in [5, 5.41) is 4.99. The lowest BCUT2D eigenvalue weighted by molar-refractivity contribution is -0.118. The van der Waals surface area contributed by atoms with Gasteiger partial charge in [0.05, 0.1) is 13.2 Å². The summed E-state index contributed by atoms with van der Waals surface area (Å²) in [7, 11) is 0. The van der Waals surface area contributed by atoms with Crippen LogP contribution in [0.15, 0.2) is 66.7 Å². The SMILES string of the molecule is O=C(COc1cccc2ccccc12)Nc1ccc(CN2CCOCC2)cc1. The molecule has 1 saturated heterocycles. The van der Waals surface area contributed by atoms with Crippen LogP contribution in [0, 0.1) is 0 Å². The molecule has 144 valence electrons. The number of carbonyl (C=O) groups is 1. The van der Waals surface area contributed by atoms with Crippen molar-refractivity contribution in [1.29, 1.82) is 0 Å². The van der Waals surface area contributed by atoms with Gasteiger partial charge < -0.3 is 14.8 Å². The molecule has 1 fully saturated rings. The van der Waals surface area contributed by atoms with Gasteiger partial charge in [-0.05, 0) is 29.1 Å². The third-order valence-corrected chi connectivity index (χ3v) is 4.86. The Morgan fingerprint density at radius 2 is 1.71 bits per heavy atom. The van der Waals surface area contributed by atoms with Crippen LogP contribution in [0.25, 0.3) is 10.8 Å². The van der Waals surface area contributed by atoms with Crippen molar-refractivity contribution in [3.63, 3.8) is 0 Å². The number of rotatable bonds is 6. The molecule has 0 unspecified atom stereocenters. The zero-order valence-corrected chi connectivity index (χ0v) is 15.8. The molecule has 0 spiro atoms. The average molecular weight is 376 g/mol. The fourth-order valence-electron chi connectivity index (χ4n) is 3.37. The zero-order valence-electron chi connectivity index (χ0n) is 15.8. The first-order chi connectivity index (χ1) is 13.8. The number of nitrogens with zero attached hydrogens (tertiary/aromatic N) is 1. The summed E-state index contributed by atoms with van der Waals surface area (Å²) >= 11 is 0. The maximum absolute atomic E-state index is 12.3. The quantitative estimate of drug-likeness (QED) is 0.713. The molecule has 28 heavy (non-hydrogen) atoms. The van der Waals surface area contributed by atoms with Crippen LogP contribution in [0.5, 0.6) is 5.75 Å². The number of amides is 1. The van der Waals surface area contributed by atoms with E-state index < -0.39 is 0 Å². The van der Waals surface area contributed by atoms with E-state index in [1.807, 2.05) is 54.6 Å². The first-order valence-electron chi connectivity index (χ1n) is 9.57. The van der Waals surface area contributed by atoms with Gasteiger partial charge in [-0.3, -0.25) is 9.69 Å². The molecule has 1 amide bonds. The van der Waals surface area contributed by atoms with Crippen LogP contribution in [-0.2, 0) is 16.1 Å². The molecular weight excluding hydrogens is 352 g/mol. The number of benzene rings is 3. The molecule has 5 nitrogen and oxygen atoms in total. The first kappa shape index (κ1) is 18.5. The average Bonchev–Trinajstić information content (AvgIpc) is 2.74. The van der Waals surface area contributed by atoms with Gasteiger partial charge in [0.2, 0.25) is 0 Å². The summed E-state index contributed by atoms with van der Waals surface area (Å²) in [5.74, 6) is 0.544. The highest BCUT2D eigenvalue weighted by Crippen LogP contribution is 2.25. The Labute approximate surface area is 164 Å². The Balaban J connectivity index is 1.31. The van der Waals surface area contributed by atoms with Crippen molar-refractivity contribution in [2.75, 3.05) is 38.2 Å². The molecule has 4 rings (SSSR count). The summed E-state index contributed by atoms with van der Waals surface area (Å²) in [5.41, 5.74) is 2.00. The van der Waals surface area contributed by atoms with Crippen LogP contribution in [0.3, 0.4) is 0 Å². The Morgan fingerprint density at radius 1 is 0.964 bits per heavy atom. The molecule has 0 radical (unpaired) electrons. The van der Waals surface area contributed by atoms with Gasteiger partial charge in [-0.15, -0.1) is 0 Å². The van der Waals surface area contributed by atoms with Crippen LogP contribution < -0.4 is 10.1 Å². The predicted molar refractivity (Wildman–Crippen MR) is 111 cm³/mol. The maximum Gasteiger partial charge on any atom is 0.262 e. The monoisotopic (exact) mass is 376 g/mol. The molecule has 5 heteroatoms. The standard InChI is InChI=1S/C23H24N2O3/c26-23(17-28-22-7-3-5-19-4-1-2-6-21(19)22)24-20-10-8-18(9-11-20)16-25-12-14-27-15-13-25/h1-11H,12-17H2,(H,24,26). The van der Waals surface area contributed by atoms with E-state index in [0.29, 0.717) is 5.75 Å². The van der Waals surface area contributed by atoms with E-state index in [4.69, 9.17) is 9.47 Å². The highest BCUT2D eigenvalue weighted by Gasteiger charge is 2.11. The second kappa shape index (κ2) is 8.87. The van der Waals surface area contributed by atoms with Crippen LogP contribution in [0.2, 0.25) is 0 Å². The number of nitrogens with one attached hydrogen (secondary N) is 1. The van der Waals surface area contributed by atoms with Gasteiger partial charge in [0.1, 0.15) is 5.75 Å². The van der Waals surface area contributed by atoms with Gasteiger partial charge >= 0.3 is 0 Å². The van der Waals surface area contributed by atoms with Crippen molar-refractivity contribution in [1.82, 2.24) is 4.90 Å². The fraction of sp³-hybridized carbons (Fsp3) is 0.261. The van der Waals surface area contributed by atoms with E-state index in [2.05, 4.69) is 22.3 Å². The summed E-state index contributed by atoms with van der Waals surface area (Å²) in [6.45, 7) is 4.40. The molecule has 3 aromatic carbocycles. The second-order valence-corrected chi connectivity index (χ2v) is 6.90. The molecule has 0 aromatic heterocycles. The number of hydrogen-bond donors (Lipinski definition) is 1. The molecule has 3 aromatic rings. The molecule has 0 bridgehead atoms. The molecule has 1 aliphatic rings. The van der Waals surface area contributed by atoms with E-state index >= 15 is 0 Å². The lowest BCUT2D eigenvalue weighted by Gasteiger charge is -2.26. The summed E-state index contributed by atoms with van der Waals surface area (Å²) < 4.78 is 11.1. The molecule has 1 heterocycles. The van der Waals surface area contributed by atoms with Crippen LogP contribution in [0.4, 0.5) is 5.69 Å². The van der Waals surface area contributed by atoms with E-state index in [9.17, 15) is 4.79 Å². The third kappa shape index (κ3) is 4.68. The largest absolute Gasteiger partial charge is 0.483 e. The zero-order chi connectivity index (χ0) is 19.2. The van der Waals surface area contributed by atoms with Gasteiger partial charge in [0, 0.05) is 30.7 Å². The van der Waals surface area contributed by atoms with Gasteiger partial charge in [-0.25, -0.2) is 0 Å². The minimum Gasteiger partial charge on any atom is -0.483 e. The van der Waals surface area contributed by atoms with Crippen molar-refractivity contribution in [2.45, 2.75) is 6.54 Å². The lowest BCUT2D eigenvalue weighted by atomic mass is 10.1. The minimum atomic E-state index is -0.172. The predicted octanol–water partition coefficient (Wildman–Crippen LogP) is 3.69. The highest BCUT2D eigenvalue weighted by molar-refractivity contribution is 5.93. The smallest absolute Gasteiger partial charge is 0.262 e. The van der Waals surface area contributed by atoms with Crippen LogP contribution >= 0.6 is 0 Å². The second-order valence-electron chi connectivity index (χ2n) is 6.90. The molecule has 1 N–H and O–H groups in total. The van der Waals surface area contributed by atoms with Crippen LogP contribution in [-0.4, -0.2) is 43.7 Å². The lowest BCUT2D eigenvalue weighted by Crippen LogP contribution is -2.35. The number of ether oxygens (including phenoxy) is 2. The van der Waals surface area contributed by atoms with E-state index in [-0.39, 0.29) is 12.5 Å². The Hall–Kier alpha value is -2.89. The number of morpholine rings is 1. The third-order valence-electron chi connectivity index (χ3n) is 4.86. The van der Waals surface area contributed by atoms with E-state index in [1.54, 1.807) is 0 Å². The van der Waals surface area contributed by atoms with E-state index in [1.165, 1.54) is 5.56 Å². The van der Waals surface area contributed by atoms with Crippen molar-refractivity contribution >= 4 is 22.4 Å². The Kier molecular flexibility index (Phi) is 5.85. The molecular formula is C23H24N2O3. The summed E-state index contributed by atoms with van der Waals surface area (Å²) in [6.07, 6.45) is 0. The van der Waals surface area contributed by atoms with Crippen LogP contribution in [0.1, 0.15) is 5.56 Å². The minimum absolute atomic E-state index is 0.0243. The molecule has 0 aliphatic carbocycles. The maximum atomic E-state index is 12.3. The van der Waals surface area contributed by atoms with Gasteiger partial charge in [0.15, 0.2) is 6.61 Å². The highest BCUT2D eigenvalue weighted by atomic mass is 16.5. The van der Waals surface area contributed by atoms with Crippen molar-refractivity contribution < 1.29 is 14.3 Å². The van der Waals surface area contributed by atoms with Crippen molar-refractivity contribution in [3.05, 3.63) is 72.3 Å². The van der Waals surface area contributed by atoms with Gasteiger partial charge in [-0.2, -0.15) is 0 Å². The normalized spacial score (nSPS) is 14.7. The number of anilines is 1. The Bertz CT molecular complexity index is 929. The fourth-order valence-corrected chi connectivity index (χ4v) is 3.37. The summed E-state index contributed by atoms with van der Waals surface area (Å²) in [6, 6.07) is 21.8. The van der Waals surface area contributed by atoms with Gasteiger partial charge in [-0.1, -0.05) is 48.5 Å². The van der Waals surface area contributed by atoms with E-state index in [0.717, 1.165) is 49.3 Å². The number of hydrogen-bond acceptors (Lipinski definition) is 4. The van der Waals surface area contributed by atoms with Crippen molar-refractivity contribution in [2.24, 2.45) is 0 Å². The topological polar surface area (TPSA) is 50.8 Å². The van der Waals surface area contributed by atoms with Gasteiger partial charge in [0.25, 0.3) is 5.91 Å². The number of carbonyl (C=O) groups excluding carboxylic acids is 1. The summed E-state index contributed by atoms with van der Waals surface area (Å²) in [4.78, 5) is 14.6. The molecule has 0 atom stereocenters.